The number of nitrogens with zero attached hydrogens (tertiary/aromatic N) is 1. The number of ether oxygens (including phenoxy) is 1. The number of rotatable bonds is 4. The monoisotopic (exact) mass is 292 g/mol. The number of benzene rings is 2. The van der Waals surface area contributed by atoms with Crippen LogP contribution in [0.4, 0.5) is 11.4 Å². The van der Waals surface area contributed by atoms with E-state index in [4.69, 9.17) is 22.1 Å². The number of nitrogens with two attached hydrogens (primary N) is 1. The van der Waals surface area contributed by atoms with Gasteiger partial charge < -0.3 is 10.5 Å². The van der Waals surface area contributed by atoms with E-state index in [9.17, 15) is 10.1 Å². The van der Waals surface area contributed by atoms with Crippen LogP contribution in [0.15, 0.2) is 36.4 Å². The van der Waals surface area contributed by atoms with Crippen molar-refractivity contribution in [1.29, 1.82) is 0 Å². The molecule has 2 aromatic rings. The number of aryl methyl sites for hydroxylation is 1. The molecule has 20 heavy (non-hydrogen) atoms. The molecule has 2 aromatic carbocycles. The van der Waals surface area contributed by atoms with Crippen molar-refractivity contribution in [2.75, 3.05) is 5.73 Å². The normalized spacial score (nSPS) is 10.3. The summed E-state index contributed by atoms with van der Waals surface area (Å²) in [6.45, 7) is 1.88. The summed E-state index contributed by atoms with van der Waals surface area (Å²) in [4.78, 5) is 10.5. The van der Waals surface area contributed by atoms with Crippen LogP contribution in [0, 0.1) is 17.0 Å². The number of anilines is 1. The third-order valence-electron chi connectivity index (χ3n) is 2.86. The quantitative estimate of drug-likeness (QED) is 0.529. The van der Waals surface area contributed by atoms with Crippen LogP contribution in [0.2, 0.25) is 5.02 Å². The summed E-state index contributed by atoms with van der Waals surface area (Å²) in [6, 6.07) is 9.76. The zero-order chi connectivity index (χ0) is 14.7. The van der Waals surface area contributed by atoms with E-state index in [1.54, 1.807) is 30.3 Å². The molecule has 0 saturated carbocycles. The maximum absolute atomic E-state index is 11.0. The van der Waals surface area contributed by atoms with Gasteiger partial charge in [-0.3, -0.25) is 10.1 Å². The Kier molecular flexibility index (Phi) is 4.10. The average Bonchev–Trinajstić information content (AvgIpc) is 2.38. The predicted molar refractivity (Wildman–Crippen MR) is 78.0 cm³/mol. The van der Waals surface area contributed by atoms with Crippen LogP contribution < -0.4 is 10.5 Å². The Morgan fingerprint density at radius 1 is 1.35 bits per heavy atom. The Hall–Kier alpha value is -2.27. The van der Waals surface area contributed by atoms with Crippen LogP contribution in [0.25, 0.3) is 0 Å². The third-order valence-corrected chi connectivity index (χ3v) is 3.22. The van der Waals surface area contributed by atoms with Crippen molar-refractivity contribution < 1.29 is 9.66 Å². The van der Waals surface area contributed by atoms with Gasteiger partial charge in [0.1, 0.15) is 12.4 Å². The lowest BCUT2D eigenvalue weighted by molar-refractivity contribution is -0.385. The van der Waals surface area contributed by atoms with E-state index < -0.39 is 4.92 Å². The first-order chi connectivity index (χ1) is 9.49. The minimum atomic E-state index is -0.472. The highest BCUT2D eigenvalue weighted by atomic mass is 35.5. The lowest BCUT2D eigenvalue weighted by Gasteiger charge is -2.11. The number of nitro groups is 1. The number of hydrogen-bond donors (Lipinski definition) is 1. The number of nitrogen functional groups attached to an aromatic ring is 1. The Morgan fingerprint density at radius 3 is 2.75 bits per heavy atom. The van der Waals surface area contributed by atoms with Crippen molar-refractivity contribution >= 4 is 23.0 Å². The summed E-state index contributed by atoms with van der Waals surface area (Å²) in [6.07, 6.45) is 0. The molecular weight excluding hydrogens is 280 g/mol. The first-order valence-electron chi connectivity index (χ1n) is 5.89. The molecule has 0 heterocycles. The molecule has 0 fully saturated rings. The lowest BCUT2D eigenvalue weighted by Crippen LogP contribution is -2.02. The number of halogens is 1. The molecule has 0 bridgehead atoms. The van der Waals surface area contributed by atoms with Crippen molar-refractivity contribution in [3.8, 4) is 5.75 Å². The van der Waals surface area contributed by atoms with Gasteiger partial charge in [0, 0.05) is 11.8 Å². The Labute approximate surface area is 121 Å². The topological polar surface area (TPSA) is 78.4 Å². The Balaban J connectivity index is 2.25. The minimum Gasteiger partial charge on any atom is -0.488 e. The highest BCUT2D eigenvalue weighted by Gasteiger charge is 2.17. The molecule has 5 nitrogen and oxygen atoms in total. The SMILES string of the molecule is Cc1cc(N)ccc1OCc1c(Cl)cccc1[N+](=O)[O-]. The van der Waals surface area contributed by atoms with Crippen molar-refractivity contribution in [3.05, 3.63) is 62.7 Å². The molecule has 2 N–H and O–H groups in total. The second kappa shape index (κ2) is 5.79. The van der Waals surface area contributed by atoms with Crippen LogP contribution in [-0.2, 0) is 6.61 Å². The van der Waals surface area contributed by atoms with Gasteiger partial charge in [-0.05, 0) is 36.8 Å². The van der Waals surface area contributed by atoms with Gasteiger partial charge in [-0.25, -0.2) is 0 Å². The highest BCUT2D eigenvalue weighted by molar-refractivity contribution is 6.31. The van der Waals surface area contributed by atoms with Crippen molar-refractivity contribution in [2.45, 2.75) is 13.5 Å². The molecule has 0 aliphatic heterocycles. The van der Waals surface area contributed by atoms with E-state index in [0.717, 1.165) is 5.56 Å². The molecule has 0 radical (unpaired) electrons. The molecule has 104 valence electrons. The van der Waals surface area contributed by atoms with Crippen LogP contribution in [0.3, 0.4) is 0 Å². The van der Waals surface area contributed by atoms with Crippen molar-refractivity contribution in [1.82, 2.24) is 0 Å². The molecule has 0 aliphatic carbocycles. The van der Waals surface area contributed by atoms with E-state index in [1.807, 2.05) is 6.92 Å². The molecule has 0 aliphatic rings. The predicted octanol–water partition coefficient (Wildman–Crippen LogP) is 3.72. The first-order valence-corrected chi connectivity index (χ1v) is 6.27. The zero-order valence-electron chi connectivity index (χ0n) is 10.8. The fourth-order valence-electron chi connectivity index (χ4n) is 1.85. The molecule has 0 amide bonds. The van der Waals surface area contributed by atoms with Crippen LogP contribution in [0.5, 0.6) is 5.75 Å². The summed E-state index contributed by atoms with van der Waals surface area (Å²) in [5.41, 5.74) is 7.46. The second-order valence-electron chi connectivity index (χ2n) is 4.31. The summed E-state index contributed by atoms with van der Waals surface area (Å²) in [7, 11) is 0. The van der Waals surface area contributed by atoms with Crippen LogP contribution >= 0.6 is 11.6 Å². The molecular formula is C14H13ClN2O3. The summed E-state index contributed by atoms with van der Waals surface area (Å²) < 4.78 is 5.61. The van der Waals surface area contributed by atoms with E-state index in [1.165, 1.54) is 6.07 Å². The van der Waals surface area contributed by atoms with Gasteiger partial charge in [0.2, 0.25) is 0 Å². The van der Waals surface area contributed by atoms with Gasteiger partial charge in [-0.2, -0.15) is 0 Å². The van der Waals surface area contributed by atoms with E-state index >= 15 is 0 Å². The van der Waals surface area contributed by atoms with Gasteiger partial charge in [0.25, 0.3) is 5.69 Å². The van der Waals surface area contributed by atoms with Gasteiger partial charge in [0.15, 0.2) is 0 Å². The van der Waals surface area contributed by atoms with E-state index in [0.29, 0.717) is 22.0 Å². The maximum Gasteiger partial charge on any atom is 0.277 e. The van der Waals surface area contributed by atoms with Crippen molar-refractivity contribution in [3.63, 3.8) is 0 Å². The Morgan fingerprint density at radius 2 is 2.10 bits per heavy atom. The minimum absolute atomic E-state index is 0.0285. The second-order valence-corrected chi connectivity index (χ2v) is 4.72. The van der Waals surface area contributed by atoms with Gasteiger partial charge in [-0.1, -0.05) is 17.7 Å². The molecule has 6 heteroatoms. The summed E-state index contributed by atoms with van der Waals surface area (Å²) in [5.74, 6) is 0.619. The zero-order valence-corrected chi connectivity index (χ0v) is 11.6. The molecule has 0 unspecified atom stereocenters. The van der Waals surface area contributed by atoms with Gasteiger partial charge in [-0.15, -0.1) is 0 Å². The van der Waals surface area contributed by atoms with Gasteiger partial charge in [0.05, 0.1) is 15.5 Å². The lowest BCUT2D eigenvalue weighted by atomic mass is 10.2. The molecule has 0 aromatic heterocycles. The fourth-order valence-corrected chi connectivity index (χ4v) is 2.07. The van der Waals surface area contributed by atoms with Crippen LogP contribution in [-0.4, -0.2) is 4.92 Å². The maximum atomic E-state index is 11.0. The standard InChI is InChI=1S/C14H13ClN2O3/c1-9-7-10(16)5-6-14(9)20-8-11-12(15)3-2-4-13(11)17(18)19/h2-7H,8,16H2,1H3. The third kappa shape index (κ3) is 3.00. The fraction of sp³-hybridized carbons (Fsp3) is 0.143. The number of nitro benzene ring substituents is 1. The molecule has 0 atom stereocenters. The summed E-state index contributed by atoms with van der Waals surface area (Å²) in [5, 5.41) is 11.3. The summed E-state index contributed by atoms with van der Waals surface area (Å²) >= 11 is 6.00. The van der Waals surface area contributed by atoms with Crippen LogP contribution in [0.1, 0.15) is 11.1 Å². The smallest absolute Gasteiger partial charge is 0.277 e. The molecule has 2 rings (SSSR count). The molecule has 0 spiro atoms. The van der Waals surface area contributed by atoms with E-state index in [-0.39, 0.29) is 12.3 Å². The first kappa shape index (κ1) is 14.1. The largest absolute Gasteiger partial charge is 0.488 e. The average molecular weight is 293 g/mol. The number of hydrogen-bond acceptors (Lipinski definition) is 4. The van der Waals surface area contributed by atoms with E-state index in [2.05, 4.69) is 0 Å². The van der Waals surface area contributed by atoms with Gasteiger partial charge >= 0.3 is 0 Å². The highest BCUT2D eigenvalue weighted by Crippen LogP contribution is 2.28. The van der Waals surface area contributed by atoms with Crippen molar-refractivity contribution in [2.24, 2.45) is 0 Å². The Bertz CT molecular complexity index is 659. The molecule has 0 saturated heterocycles.